The van der Waals surface area contributed by atoms with Gasteiger partial charge in [0.05, 0.1) is 12.5 Å². The zero-order valence-corrected chi connectivity index (χ0v) is 10.3. The molecule has 1 aliphatic heterocycles. The average Bonchev–Trinajstić information content (AvgIpc) is 2.28. The number of rotatable bonds is 4. The van der Waals surface area contributed by atoms with Gasteiger partial charge in [-0.2, -0.15) is 0 Å². The summed E-state index contributed by atoms with van der Waals surface area (Å²) in [6.07, 6.45) is 0.636. The number of hydrogen-bond donors (Lipinski definition) is 2. The molecule has 0 radical (unpaired) electrons. The lowest BCUT2D eigenvalue weighted by atomic mass is 9.91. The lowest BCUT2D eigenvalue weighted by Gasteiger charge is -2.34. The zero-order valence-electron chi connectivity index (χ0n) is 10.3. The molecule has 0 aromatic heterocycles. The van der Waals surface area contributed by atoms with Crippen LogP contribution in [0, 0.1) is 11.8 Å². The van der Waals surface area contributed by atoms with Gasteiger partial charge in [-0.3, -0.25) is 4.79 Å². The van der Waals surface area contributed by atoms with Crippen LogP contribution in [0.2, 0.25) is 0 Å². The topological polar surface area (TPSA) is 78.9 Å². The fourth-order valence-corrected chi connectivity index (χ4v) is 2.07. The van der Waals surface area contributed by atoms with Crippen molar-refractivity contribution in [2.75, 3.05) is 33.4 Å². The second kappa shape index (κ2) is 6.44. The SMILES string of the molecule is COCCNC(=O)N1CC(C)CC(C(=O)O)C1. The van der Waals surface area contributed by atoms with Gasteiger partial charge < -0.3 is 20.1 Å². The van der Waals surface area contributed by atoms with E-state index in [9.17, 15) is 9.59 Å². The standard InChI is InChI=1S/C11H20N2O4/c1-8-5-9(10(14)15)7-13(6-8)11(16)12-3-4-17-2/h8-9H,3-7H2,1-2H3,(H,12,16)(H,14,15). The fraction of sp³-hybridized carbons (Fsp3) is 0.818. The van der Waals surface area contributed by atoms with Crippen LogP contribution in [0.5, 0.6) is 0 Å². The number of ether oxygens (including phenoxy) is 1. The first-order valence-electron chi connectivity index (χ1n) is 5.79. The van der Waals surface area contributed by atoms with Gasteiger partial charge in [-0.15, -0.1) is 0 Å². The number of piperidine rings is 1. The number of nitrogens with zero attached hydrogens (tertiary/aromatic N) is 1. The maximum atomic E-state index is 11.8. The monoisotopic (exact) mass is 244 g/mol. The van der Waals surface area contributed by atoms with E-state index in [4.69, 9.17) is 9.84 Å². The number of likely N-dealkylation sites (tertiary alicyclic amines) is 1. The van der Waals surface area contributed by atoms with Gasteiger partial charge in [-0.1, -0.05) is 6.92 Å². The highest BCUT2D eigenvalue weighted by atomic mass is 16.5. The lowest BCUT2D eigenvalue weighted by molar-refractivity contribution is -0.143. The number of hydrogen-bond acceptors (Lipinski definition) is 3. The molecule has 0 aromatic carbocycles. The molecule has 6 nitrogen and oxygen atoms in total. The van der Waals surface area contributed by atoms with E-state index in [1.807, 2.05) is 6.92 Å². The summed E-state index contributed by atoms with van der Waals surface area (Å²) >= 11 is 0. The first-order valence-corrected chi connectivity index (χ1v) is 5.79. The van der Waals surface area contributed by atoms with Gasteiger partial charge in [0, 0.05) is 26.7 Å². The molecule has 6 heteroatoms. The number of carboxylic acids is 1. The van der Waals surface area contributed by atoms with Crippen LogP contribution in [0.15, 0.2) is 0 Å². The summed E-state index contributed by atoms with van der Waals surface area (Å²) in [5.74, 6) is -1.06. The smallest absolute Gasteiger partial charge is 0.317 e. The molecule has 1 saturated heterocycles. The number of urea groups is 1. The molecule has 1 rings (SSSR count). The van der Waals surface area contributed by atoms with E-state index >= 15 is 0 Å². The van der Waals surface area contributed by atoms with Crippen molar-refractivity contribution < 1.29 is 19.4 Å². The van der Waals surface area contributed by atoms with Gasteiger partial charge in [-0.05, 0) is 12.3 Å². The van der Waals surface area contributed by atoms with Crippen molar-refractivity contribution in [3.8, 4) is 0 Å². The van der Waals surface area contributed by atoms with Crippen LogP contribution in [-0.2, 0) is 9.53 Å². The van der Waals surface area contributed by atoms with Crippen molar-refractivity contribution in [3.63, 3.8) is 0 Å². The van der Waals surface area contributed by atoms with E-state index in [0.717, 1.165) is 0 Å². The van der Waals surface area contributed by atoms with E-state index in [0.29, 0.717) is 32.7 Å². The average molecular weight is 244 g/mol. The molecular weight excluding hydrogens is 224 g/mol. The summed E-state index contributed by atoms with van der Waals surface area (Å²) in [7, 11) is 1.57. The Hall–Kier alpha value is -1.30. The second-order valence-electron chi connectivity index (χ2n) is 4.51. The Bertz CT molecular complexity index is 283. The fourth-order valence-electron chi connectivity index (χ4n) is 2.07. The van der Waals surface area contributed by atoms with Crippen LogP contribution >= 0.6 is 0 Å². The molecule has 1 heterocycles. The number of amides is 2. The second-order valence-corrected chi connectivity index (χ2v) is 4.51. The summed E-state index contributed by atoms with van der Waals surface area (Å²) in [6, 6.07) is -0.208. The van der Waals surface area contributed by atoms with Crippen molar-refractivity contribution in [3.05, 3.63) is 0 Å². The number of aliphatic carboxylic acids is 1. The van der Waals surface area contributed by atoms with E-state index in [-0.39, 0.29) is 11.9 Å². The molecule has 2 atom stereocenters. The Kier molecular flexibility index (Phi) is 5.21. The normalized spacial score (nSPS) is 24.5. The third-order valence-corrected chi connectivity index (χ3v) is 2.88. The molecule has 1 aliphatic rings. The van der Waals surface area contributed by atoms with Gasteiger partial charge in [0.15, 0.2) is 0 Å². The van der Waals surface area contributed by atoms with Crippen molar-refractivity contribution in [1.82, 2.24) is 10.2 Å². The Labute approximate surface area is 101 Å². The van der Waals surface area contributed by atoms with Crippen LogP contribution < -0.4 is 5.32 Å². The minimum atomic E-state index is -0.828. The molecule has 0 aromatic rings. The number of nitrogens with one attached hydrogen (secondary N) is 1. The molecule has 1 fully saturated rings. The van der Waals surface area contributed by atoms with E-state index in [1.165, 1.54) is 0 Å². The highest BCUT2D eigenvalue weighted by Gasteiger charge is 2.31. The summed E-state index contributed by atoms with van der Waals surface area (Å²) in [6.45, 7) is 3.76. The molecule has 2 N–H and O–H groups in total. The highest BCUT2D eigenvalue weighted by Crippen LogP contribution is 2.21. The summed E-state index contributed by atoms with van der Waals surface area (Å²) in [5, 5.41) is 11.7. The Morgan fingerprint density at radius 2 is 2.18 bits per heavy atom. The minimum absolute atomic E-state index is 0.208. The number of carbonyl (C=O) groups excluding carboxylic acids is 1. The predicted octanol–water partition coefficient (Wildman–Crippen LogP) is 0.385. The van der Waals surface area contributed by atoms with Gasteiger partial charge in [0.1, 0.15) is 0 Å². The first-order chi connectivity index (χ1) is 8.04. The number of carbonyl (C=O) groups is 2. The molecule has 0 saturated carbocycles. The molecule has 2 amide bonds. The maximum Gasteiger partial charge on any atom is 0.317 e. The van der Waals surface area contributed by atoms with Crippen molar-refractivity contribution in [2.45, 2.75) is 13.3 Å². The van der Waals surface area contributed by atoms with Crippen molar-refractivity contribution in [2.24, 2.45) is 11.8 Å². The molecule has 0 aliphatic carbocycles. The minimum Gasteiger partial charge on any atom is -0.481 e. The molecule has 0 spiro atoms. The van der Waals surface area contributed by atoms with E-state index in [2.05, 4.69) is 5.32 Å². The predicted molar refractivity (Wildman–Crippen MR) is 61.8 cm³/mol. The van der Waals surface area contributed by atoms with Crippen LogP contribution in [0.3, 0.4) is 0 Å². The first kappa shape index (κ1) is 13.8. The quantitative estimate of drug-likeness (QED) is 0.701. The van der Waals surface area contributed by atoms with Gasteiger partial charge in [0.2, 0.25) is 0 Å². The Balaban J connectivity index is 2.46. The van der Waals surface area contributed by atoms with Gasteiger partial charge in [0.25, 0.3) is 0 Å². The molecular formula is C11H20N2O4. The summed E-state index contributed by atoms with van der Waals surface area (Å²) in [5.41, 5.74) is 0. The lowest BCUT2D eigenvalue weighted by Crippen LogP contribution is -2.49. The maximum absolute atomic E-state index is 11.8. The van der Waals surface area contributed by atoms with Crippen molar-refractivity contribution >= 4 is 12.0 Å². The van der Waals surface area contributed by atoms with E-state index in [1.54, 1.807) is 12.0 Å². The summed E-state index contributed by atoms with van der Waals surface area (Å²) in [4.78, 5) is 24.3. The zero-order chi connectivity index (χ0) is 12.8. The van der Waals surface area contributed by atoms with Crippen LogP contribution in [0.1, 0.15) is 13.3 Å². The molecule has 2 unspecified atom stereocenters. The molecule has 0 bridgehead atoms. The Morgan fingerprint density at radius 3 is 2.76 bits per heavy atom. The van der Waals surface area contributed by atoms with E-state index < -0.39 is 11.9 Å². The van der Waals surface area contributed by atoms with Crippen LogP contribution in [-0.4, -0.2) is 55.4 Å². The Morgan fingerprint density at radius 1 is 1.47 bits per heavy atom. The molecule has 98 valence electrons. The van der Waals surface area contributed by atoms with Gasteiger partial charge >= 0.3 is 12.0 Å². The summed E-state index contributed by atoms with van der Waals surface area (Å²) < 4.78 is 4.83. The highest BCUT2D eigenvalue weighted by molar-refractivity contribution is 5.76. The third kappa shape index (κ3) is 4.22. The largest absolute Gasteiger partial charge is 0.481 e. The van der Waals surface area contributed by atoms with Gasteiger partial charge in [-0.25, -0.2) is 4.79 Å². The number of carboxylic acid groups (broad SMARTS) is 1. The number of methoxy groups -OCH3 is 1. The van der Waals surface area contributed by atoms with Crippen molar-refractivity contribution in [1.29, 1.82) is 0 Å². The molecule has 17 heavy (non-hydrogen) atoms. The van der Waals surface area contributed by atoms with Crippen LogP contribution in [0.4, 0.5) is 4.79 Å². The van der Waals surface area contributed by atoms with Crippen LogP contribution in [0.25, 0.3) is 0 Å². The third-order valence-electron chi connectivity index (χ3n) is 2.88.